The van der Waals surface area contributed by atoms with Gasteiger partial charge in [-0.2, -0.15) is 0 Å². The Morgan fingerprint density at radius 2 is 1.96 bits per heavy atom. The van der Waals surface area contributed by atoms with E-state index in [1.807, 2.05) is 0 Å². The fourth-order valence-corrected chi connectivity index (χ4v) is 3.54. The van der Waals surface area contributed by atoms with Gasteiger partial charge in [-0.05, 0) is 55.3 Å². The summed E-state index contributed by atoms with van der Waals surface area (Å²) >= 11 is 5.75. The zero-order valence-electron chi connectivity index (χ0n) is 13.1. The van der Waals surface area contributed by atoms with Crippen molar-refractivity contribution in [3.8, 4) is 11.5 Å². The van der Waals surface area contributed by atoms with Crippen LogP contribution in [0.4, 0.5) is 0 Å². The minimum atomic E-state index is -0.0199. The van der Waals surface area contributed by atoms with Crippen LogP contribution >= 0.6 is 11.6 Å². The number of fused-ring (bicyclic) bond motifs is 2. The van der Waals surface area contributed by atoms with Gasteiger partial charge in [0, 0.05) is 24.7 Å². The molecule has 3 unspecified atom stereocenters. The maximum atomic E-state index is 12.4. The van der Waals surface area contributed by atoms with Crippen LogP contribution in [0.5, 0.6) is 11.5 Å². The number of piperidine rings is 1. The lowest BCUT2D eigenvalue weighted by atomic mass is 9.99. The Kier molecular flexibility index (Phi) is 4.12. The first kappa shape index (κ1) is 15.4. The van der Waals surface area contributed by atoms with Crippen LogP contribution in [-0.4, -0.2) is 41.5 Å². The highest BCUT2D eigenvalue weighted by atomic mass is 35.5. The Labute approximate surface area is 145 Å². The van der Waals surface area contributed by atoms with Gasteiger partial charge in [0.1, 0.15) is 16.7 Å². The third kappa shape index (κ3) is 3.23. The van der Waals surface area contributed by atoms with E-state index >= 15 is 0 Å². The van der Waals surface area contributed by atoms with Gasteiger partial charge in [-0.25, -0.2) is 4.98 Å². The van der Waals surface area contributed by atoms with E-state index in [1.165, 1.54) is 13.0 Å². The van der Waals surface area contributed by atoms with E-state index < -0.39 is 0 Å². The average molecular weight is 344 g/mol. The first-order valence-electron chi connectivity index (χ1n) is 8.10. The molecule has 2 bridgehead atoms. The van der Waals surface area contributed by atoms with E-state index in [1.54, 1.807) is 42.6 Å². The number of aromatic nitrogens is 1. The zero-order chi connectivity index (χ0) is 16.5. The Bertz CT molecular complexity index is 733. The van der Waals surface area contributed by atoms with Gasteiger partial charge in [-0.3, -0.25) is 4.79 Å². The van der Waals surface area contributed by atoms with Gasteiger partial charge in [0.2, 0.25) is 0 Å². The van der Waals surface area contributed by atoms with Crippen LogP contribution in [0.25, 0.3) is 0 Å². The summed E-state index contributed by atoms with van der Waals surface area (Å²) in [7, 11) is 0. The molecular weight excluding hydrogens is 326 g/mol. The van der Waals surface area contributed by atoms with Gasteiger partial charge in [0.15, 0.2) is 0 Å². The minimum Gasteiger partial charge on any atom is -0.456 e. The van der Waals surface area contributed by atoms with Gasteiger partial charge in [-0.1, -0.05) is 11.6 Å². The predicted molar refractivity (Wildman–Crippen MR) is 91.6 cm³/mol. The molecular formula is C18H18ClN3O2. The maximum absolute atomic E-state index is 12.4. The molecule has 3 heterocycles. The van der Waals surface area contributed by atoms with Gasteiger partial charge in [-0.15, -0.1) is 0 Å². The molecule has 3 atom stereocenters. The van der Waals surface area contributed by atoms with Gasteiger partial charge in [0.05, 0.1) is 6.20 Å². The number of hydrogen-bond acceptors (Lipinski definition) is 4. The van der Waals surface area contributed by atoms with Crippen molar-refractivity contribution in [3.05, 3.63) is 53.3 Å². The molecule has 2 saturated heterocycles. The molecule has 1 aromatic heterocycles. The summed E-state index contributed by atoms with van der Waals surface area (Å²) in [6.07, 6.45) is 2.75. The van der Waals surface area contributed by atoms with Crippen molar-refractivity contribution in [2.24, 2.45) is 5.92 Å². The Hall–Kier alpha value is -2.11. The van der Waals surface area contributed by atoms with Crippen LogP contribution in [0.2, 0.25) is 5.15 Å². The van der Waals surface area contributed by atoms with Crippen LogP contribution in [0.1, 0.15) is 16.8 Å². The number of rotatable bonds is 4. The molecule has 24 heavy (non-hydrogen) atoms. The van der Waals surface area contributed by atoms with Crippen LogP contribution in [0.15, 0.2) is 42.6 Å². The molecule has 0 radical (unpaired) electrons. The second-order valence-corrected chi connectivity index (χ2v) is 6.72. The number of nitrogens with zero attached hydrogens (tertiary/aromatic N) is 2. The smallest absolute Gasteiger partial charge is 0.251 e. The van der Waals surface area contributed by atoms with Crippen molar-refractivity contribution in [3.63, 3.8) is 0 Å². The van der Waals surface area contributed by atoms with E-state index in [2.05, 4.69) is 15.2 Å². The van der Waals surface area contributed by atoms with E-state index in [-0.39, 0.29) is 11.9 Å². The molecule has 2 aliphatic heterocycles. The molecule has 0 saturated carbocycles. The van der Waals surface area contributed by atoms with Crippen molar-refractivity contribution >= 4 is 17.5 Å². The fraction of sp³-hybridized carbons (Fsp3) is 0.333. The van der Waals surface area contributed by atoms with Gasteiger partial charge >= 0.3 is 0 Å². The molecule has 0 aliphatic carbocycles. The van der Waals surface area contributed by atoms with E-state index in [0.717, 1.165) is 13.1 Å². The average Bonchev–Trinajstić information content (AvgIpc) is 3.20. The van der Waals surface area contributed by atoms with Crippen LogP contribution in [0, 0.1) is 5.92 Å². The van der Waals surface area contributed by atoms with Crippen LogP contribution in [0.3, 0.4) is 0 Å². The molecule has 1 N–H and O–H groups in total. The summed E-state index contributed by atoms with van der Waals surface area (Å²) in [5, 5.41) is 3.58. The lowest BCUT2D eigenvalue weighted by Gasteiger charge is -2.23. The standard InChI is InChI=1S/C18H18ClN3O2/c19-17-6-5-15(9-20-17)24-14-3-1-12(2-4-14)18(23)21-16-11-22-8-7-13(16)10-22/h1-6,9,13,16H,7-8,10-11H2,(H,21,23). The normalized spacial score (nSPS) is 24.8. The first-order valence-corrected chi connectivity index (χ1v) is 8.48. The second-order valence-electron chi connectivity index (χ2n) is 6.33. The van der Waals surface area contributed by atoms with Crippen LogP contribution < -0.4 is 10.1 Å². The van der Waals surface area contributed by atoms with Crippen molar-refractivity contribution in [2.75, 3.05) is 19.6 Å². The third-order valence-electron chi connectivity index (χ3n) is 4.70. The number of nitrogens with one attached hydrogen (secondary N) is 1. The summed E-state index contributed by atoms with van der Waals surface area (Å²) in [5.74, 6) is 1.84. The molecule has 5 nitrogen and oxygen atoms in total. The zero-order valence-corrected chi connectivity index (χ0v) is 13.9. The van der Waals surface area contributed by atoms with E-state index in [0.29, 0.717) is 28.1 Å². The Balaban J connectivity index is 1.38. The van der Waals surface area contributed by atoms with E-state index in [4.69, 9.17) is 16.3 Å². The second kappa shape index (κ2) is 6.42. The number of hydrogen-bond donors (Lipinski definition) is 1. The number of ether oxygens (including phenoxy) is 1. The Morgan fingerprint density at radius 1 is 1.17 bits per heavy atom. The predicted octanol–water partition coefficient (Wildman–Crippen LogP) is 2.96. The number of halogens is 1. The van der Waals surface area contributed by atoms with Crippen molar-refractivity contribution in [2.45, 2.75) is 12.5 Å². The summed E-state index contributed by atoms with van der Waals surface area (Å²) in [6.45, 7) is 3.26. The molecule has 4 rings (SSSR count). The van der Waals surface area contributed by atoms with Gasteiger partial charge < -0.3 is 15.0 Å². The molecule has 1 aromatic carbocycles. The van der Waals surface area contributed by atoms with Crippen molar-refractivity contribution in [1.82, 2.24) is 15.2 Å². The minimum absolute atomic E-state index is 0.0199. The number of carbonyl (C=O) groups excluding carboxylic acids is 1. The largest absolute Gasteiger partial charge is 0.456 e. The molecule has 2 aliphatic rings. The van der Waals surface area contributed by atoms with E-state index in [9.17, 15) is 4.79 Å². The van der Waals surface area contributed by atoms with Gasteiger partial charge in [0.25, 0.3) is 5.91 Å². The summed E-state index contributed by atoms with van der Waals surface area (Å²) < 4.78 is 5.68. The summed E-state index contributed by atoms with van der Waals surface area (Å²) in [4.78, 5) is 18.8. The molecule has 1 amide bonds. The summed E-state index contributed by atoms with van der Waals surface area (Å²) in [6, 6.07) is 10.8. The highest BCUT2D eigenvalue weighted by molar-refractivity contribution is 6.29. The highest BCUT2D eigenvalue weighted by Gasteiger charge is 2.38. The maximum Gasteiger partial charge on any atom is 0.251 e. The molecule has 2 fully saturated rings. The quantitative estimate of drug-likeness (QED) is 0.867. The monoisotopic (exact) mass is 343 g/mol. The lowest BCUT2D eigenvalue weighted by molar-refractivity contribution is 0.0924. The third-order valence-corrected chi connectivity index (χ3v) is 4.93. The van der Waals surface area contributed by atoms with Crippen LogP contribution in [-0.2, 0) is 0 Å². The molecule has 6 heteroatoms. The molecule has 0 spiro atoms. The Morgan fingerprint density at radius 3 is 2.58 bits per heavy atom. The lowest BCUT2D eigenvalue weighted by Crippen LogP contribution is -2.43. The molecule has 124 valence electrons. The fourth-order valence-electron chi connectivity index (χ4n) is 3.43. The number of benzene rings is 1. The highest BCUT2D eigenvalue weighted by Crippen LogP contribution is 2.28. The SMILES string of the molecule is O=C(NC1CN2CCC1C2)c1ccc(Oc2ccc(Cl)nc2)cc1. The topological polar surface area (TPSA) is 54.5 Å². The van der Waals surface area contributed by atoms with Crippen molar-refractivity contribution < 1.29 is 9.53 Å². The number of pyridine rings is 1. The first-order chi connectivity index (χ1) is 11.7. The van der Waals surface area contributed by atoms with Crippen molar-refractivity contribution in [1.29, 1.82) is 0 Å². The number of carbonyl (C=O) groups is 1. The summed E-state index contributed by atoms with van der Waals surface area (Å²) in [5.41, 5.74) is 0.648. The molecule has 2 aromatic rings. The number of amides is 1.